The Bertz CT molecular complexity index is 732. The zero-order chi connectivity index (χ0) is 19.0. The topological polar surface area (TPSA) is 78.7 Å². The lowest BCUT2D eigenvalue weighted by atomic mass is 10.1. The first-order valence-electron chi connectivity index (χ1n) is 7.82. The Labute approximate surface area is 171 Å². The molecule has 0 unspecified atom stereocenters. The maximum Gasteiger partial charge on any atom is 0.416 e. The van der Waals surface area contributed by atoms with E-state index in [-0.39, 0.29) is 35.6 Å². The summed E-state index contributed by atoms with van der Waals surface area (Å²) < 4.78 is 42.6. The van der Waals surface area contributed by atoms with Gasteiger partial charge in [0.2, 0.25) is 0 Å². The lowest BCUT2D eigenvalue weighted by Gasteiger charge is -2.13. The highest BCUT2D eigenvalue weighted by Gasteiger charge is 2.29. The molecule has 0 saturated carbocycles. The molecule has 0 bridgehead atoms. The van der Waals surface area contributed by atoms with Crippen LogP contribution in [0.1, 0.15) is 21.7 Å². The molecule has 1 aromatic heterocycles. The first kappa shape index (κ1) is 22.8. The molecular formula is C17H20F3IN4O2. The molecule has 0 aliphatic carbocycles. The summed E-state index contributed by atoms with van der Waals surface area (Å²) in [7, 11) is 1.57. The summed E-state index contributed by atoms with van der Waals surface area (Å²) in [6, 6.07) is 8.08. The second kappa shape index (κ2) is 10.8. The summed E-state index contributed by atoms with van der Waals surface area (Å²) in [5.41, 5.74) is 0.00290. The Balaban J connectivity index is 0.00000364. The number of furan rings is 1. The van der Waals surface area contributed by atoms with E-state index in [9.17, 15) is 18.0 Å². The summed E-state index contributed by atoms with van der Waals surface area (Å²) in [5.74, 6) is 0.386. The molecule has 0 aliphatic heterocycles. The van der Waals surface area contributed by atoms with Gasteiger partial charge in [0.25, 0.3) is 5.91 Å². The van der Waals surface area contributed by atoms with Crippen molar-refractivity contribution in [1.29, 1.82) is 0 Å². The number of amides is 1. The largest absolute Gasteiger partial charge is 0.459 e. The van der Waals surface area contributed by atoms with E-state index in [4.69, 9.17) is 4.42 Å². The number of nitrogens with one attached hydrogen (secondary N) is 3. The van der Waals surface area contributed by atoms with Crippen LogP contribution >= 0.6 is 24.0 Å². The molecule has 1 heterocycles. The highest BCUT2D eigenvalue weighted by Crippen LogP contribution is 2.28. The number of nitrogens with zero attached hydrogens (tertiary/aromatic N) is 1. The molecule has 0 saturated heterocycles. The van der Waals surface area contributed by atoms with Gasteiger partial charge < -0.3 is 20.4 Å². The van der Waals surface area contributed by atoms with Crippen LogP contribution in [0.3, 0.4) is 0 Å². The van der Waals surface area contributed by atoms with Gasteiger partial charge in [-0.05, 0) is 29.8 Å². The second-order valence-electron chi connectivity index (χ2n) is 5.28. The number of halogens is 4. The smallest absolute Gasteiger partial charge is 0.416 e. The minimum atomic E-state index is -4.34. The molecule has 2 aromatic rings. The van der Waals surface area contributed by atoms with E-state index in [0.717, 1.165) is 12.1 Å². The highest BCUT2D eigenvalue weighted by atomic mass is 127. The van der Waals surface area contributed by atoms with Crippen LogP contribution < -0.4 is 16.0 Å². The van der Waals surface area contributed by atoms with Gasteiger partial charge in [-0.15, -0.1) is 24.0 Å². The average Bonchev–Trinajstić information content (AvgIpc) is 3.15. The number of hydrogen-bond donors (Lipinski definition) is 3. The molecule has 0 atom stereocenters. The fourth-order valence-electron chi connectivity index (χ4n) is 2.07. The van der Waals surface area contributed by atoms with Crippen molar-refractivity contribution >= 4 is 35.8 Å². The molecule has 1 aromatic carbocycles. The summed E-state index contributed by atoms with van der Waals surface area (Å²) in [4.78, 5) is 15.7. The third kappa shape index (κ3) is 7.49. The number of carbonyl (C=O) groups excluding carboxylic acids is 1. The minimum Gasteiger partial charge on any atom is -0.459 e. The number of alkyl halides is 3. The van der Waals surface area contributed by atoms with E-state index < -0.39 is 11.7 Å². The van der Waals surface area contributed by atoms with E-state index in [1.807, 2.05) is 0 Å². The average molecular weight is 496 g/mol. The fourth-order valence-corrected chi connectivity index (χ4v) is 2.07. The van der Waals surface area contributed by atoms with Crippen LogP contribution in [0.25, 0.3) is 0 Å². The van der Waals surface area contributed by atoms with Crippen LogP contribution in [0.15, 0.2) is 52.1 Å². The van der Waals surface area contributed by atoms with Gasteiger partial charge in [0.1, 0.15) is 0 Å². The lowest BCUT2D eigenvalue weighted by Crippen LogP contribution is -2.41. The first-order valence-corrected chi connectivity index (χ1v) is 7.82. The number of guanidine groups is 1. The van der Waals surface area contributed by atoms with Gasteiger partial charge in [-0.1, -0.05) is 12.1 Å². The van der Waals surface area contributed by atoms with Crippen molar-refractivity contribution in [3.8, 4) is 0 Å². The van der Waals surface area contributed by atoms with E-state index in [2.05, 4.69) is 20.9 Å². The van der Waals surface area contributed by atoms with Gasteiger partial charge in [0.05, 0.1) is 11.8 Å². The molecule has 148 valence electrons. The van der Waals surface area contributed by atoms with Gasteiger partial charge >= 0.3 is 6.18 Å². The molecule has 6 nitrogen and oxygen atoms in total. The third-order valence-corrected chi connectivity index (χ3v) is 3.41. The van der Waals surface area contributed by atoms with Gasteiger partial charge in [0.15, 0.2) is 11.7 Å². The van der Waals surface area contributed by atoms with Crippen molar-refractivity contribution in [3.05, 3.63) is 59.5 Å². The molecule has 0 aliphatic rings. The predicted octanol–water partition coefficient (Wildman–Crippen LogP) is 3.01. The molecule has 1 amide bonds. The van der Waals surface area contributed by atoms with Crippen molar-refractivity contribution in [3.63, 3.8) is 0 Å². The van der Waals surface area contributed by atoms with Gasteiger partial charge in [0, 0.05) is 26.7 Å². The number of aliphatic imine (C=N–C) groups is 1. The van der Waals surface area contributed by atoms with Crippen LogP contribution in [-0.2, 0) is 12.7 Å². The molecule has 10 heteroatoms. The summed E-state index contributed by atoms with van der Waals surface area (Å²) >= 11 is 0. The fraction of sp³-hybridized carbons (Fsp3) is 0.294. The first-order chi connectivity index (χ1) is 12.4. The molecule has 27 heavy (non-hydrogen) atoms. The Kier molecular flexibility index (Phi) is 9.12. The number of hydrogen-bond acceptors (Lipinski definition) is 3. The maximum atomic E-state index is 12.5. The van der Waals surface area contributed by atoms with Crippen LogP contribution in [0.2, 0.25) is 0 Å². The van der Waals surface area contributed by atoms with Gasteiger partial charge in [-0.3, -0.25) is 9.79 Å². The summed E-state index contributed by atoms with van der Waals surface area (Å²) in [6.07, 6.45) is -2.93. The second-order valence-corrected chi connectivity index (χ2v) is 5.28. The molecule has 0 spiro atoms. The van der Waals surface area contributed by atoms with Crippen LogP contribution in [0.5, 0.6) is 0 Å². The Morgan fingerprint density at radius 3 is 2.30 bits per heavy atom. The van der Waals surface area contributed by atoms with E-state index in [1.165, 1.54) is 18.4 Å². The number of carbonyl (C=O) groups is 1. The van der Waals surface area contributed by atoms with E-state index >= 15 is 0 Å². The zero-order valence-corrected chi connectivity index (χ0v) is 16.8. The maximum absolute atomic E-state index is 12.5. The van der Waals surface area contributed by atoms with Crippen molar-refractivity contribution in [1.82, 2.24) is 16.0 Å². The molecule has 0 radical (unpaired) electrons. The predicted molar refractivity (Wildman–Crippen MR) is 106 cm³/mol. The molecule has 3 N–H and O–H groups in total. The Hall–Kier alpha value is -2.24. The third-order valence-electron chi connectivity index (χ3n) is 3.41. The minimum absolute atomic E-state index is 0. The summed E-state index contributed by atoms with van der Waals surface area (Å²) in [5, 5.41) is 8.65. The van der Waals surface area contributed by atoms with Crippen molar-refractivity contribution in [2.75, 3.05) is 20.1 Å². The zero-order valence-electron chi connectivity index (χ0n) is 14.5. The van der Waals surface area contributed by atoms with E-state index in [0.29, 0.717) is 31.2 Å². The highest BCUT2D eigenvalue weighted by molar-refractivity contribution is 14.0. The van der Waals surface area contributed by atoms with Crippen molar-refractivity contribution in [2.24, 2.45) is 4.99 Å². The monoisotopic (exact) mass is 496 g/mol. The molecule has 0 fully saturated rings. The molecular weight excluding hydrogens is 476 g/mol. The van der Waals surface area contributed by atoms with Crippen molar-refractivity contribution in [2.45, 2.75) is 12.7 Å². The summed E-state index contributed by atoms with van der Waals surface area (Å²) in [6.45, 7) is 1.08. The van der Waals surface area contributed by atoms with Gasteiger partial charge in [-0.25, -0.2) is 0 Å². The Morgan fingerprint density at radius 2 is 1.74 bits per heavy atom. The lowest BCUT2D eigenvalue weighted by molar-refractivity contribution is -0.137. The molecule has 2 rings (SSSR count). The normalized spacial score (nSPS) is 11.5. The number of benzene rings is 1. The van der Waals surface area contributed by atoms with Gasteiger partial charge in [-0.2, -0.15) is 13.2 Å². The van der Waals surface area contributed by atoms with Crippen molar-refractivity contribution < 1.29 is 22.4 Å². The van der Waals surface area contributed by atoms with Crippen LogP contribution in [-0.4, -0.2) is 32.0 Å². The quantitative estimate of drug-likeness (QED) is 0.249. The van der Waals surface area contributed by atoms with Crippen LogP contribution in [0.4, 0.5) is 13.2 Å². The standard InChI is InChI=1S/C17H19F3N4O2.HI/c1-21-16(23-9-8-22-15(25)14-3-2-10-26-14)24-11-12-4-6-13(7-5-12)17(18,19)20;/h2-7,10H,8-9,11H2,1H3,(H,22,25)(H2,21,23,24);1H. The Morgan fingerprint density at radius 1 is 1.07 bits per heavy atom. The van der Waals surface area contributed by atoms with E-state index in [1.54, 1.807) is 19.2 Å². The van der Waals surface area contributed by atoms with Crippen LogP contribution in [0, 0.1) is 0 Å². The number of rotatable bonds is 6. The SMILES string of the molecule is CN=C(NCCNC(=O)c1ccco1)NCc1ccc(C(F)(F)F)cc1.I.